The number of aliphatic carboxylic acids is 1. The number of carboxylic acid groups (broad SMARTS) is 1. The zero-order valence-corrected chi connectivity index (χ0v) is 22.7. The van der Waals surface area contributed by atoms with Crippen LogP contribution in [0.15, 0.2) is 0 Å². The van der Waals surface area contributed by atoms with Crippen molar-refractivity contribution in [2.75, 3.05) is 12.4 Å². The summed E-state index contributed by atoms with van der Waals surface area (Å²) in [6.45, 7) is 13.1. The van der Waals surface area contributed by atoms with E-state index in [1.54, 1.807) is 13.8 Å². The van der Waals surface area contributed by atoms with Crippen LogP contribution in [-0.2, 0) is 9.59 Å². The van der Waals surface area contributed by atoms with Crippen LogP contribution in [0.5, 0.6) is 0 Å². The third kappa shape index (κ3) is 5.50. The third-order valence-corrected chi connectivity index (χ3v) is 11.7. The Morgan fingerprint density at radius 3 is 2.21 bits per heavy atom. The Morgan fingerprint density at radius 1 is 0.970 bits per heavy atom. The molecule has 0 saturated heterocycles. The lowest BCUT2D eigenvalue weighted by Gasteiger charge is -2.61. The van der Waals surface area contributed by atoms with Gasteiger partial charge in [0.15, 0.2) is 0 Å². The van der Waals surface area contributed by atoms with Gasteiger partial charge in [-0.25, -0.2) is 0 Å². The van der Waals surface area contributed by atoms with Crippen molar-refractivity contribution in [3.05, 3.63) is 0 Å². The molecule has 0 amide bonds. The second-order valence-electron chi connectivity index (χ2n) is 12.9. The van der Waals surface area contributed by atoms with E-state index in [9.17, 15) is 9.59 Å². The second kappa shape index (κ2) is 10.2. The predicted octanol–water partition coefficient (Wildman–Crippen LogP) is 6.45. The molecule has 33 heavy (non-hydrogen) atoms. The number of hydrogen-bond acceptors (Lipinski definition) is 4. The number of aliphatic hydroxyl groups excluding tert-OH is 1. The lowest BCUT2D eigenvalue weighted by Crippen LogP contribution is -2.53. The molecule has 0 bridgehead atoms. The first-order valence-corrected chi connectivity index (χ1v) is 14.3. The molecule has 8 unspecified atom stereocenters. The van der Waals surface area contributed by atoms with E-state index >= 15 is 0 Å². The third-order valence-electron chi connectivity index (χ3n) is 10.4. The summed E-state index contributed by atoms with van der Waals surface area (Å²) < 4.78 is -0.335. The van der Waals surface area contributed by atoms with Gasteiger partial charge >= 0.3 is 5.97 Å². The Hall–Kier alpha value is -0.550. The summed E-state index contributed by atoms with van der Waals surface area (Å²) in [5.74, 6) is 4.70. The van der Waals surface area contributed by atoms with Gasteiger partial charge in [0.1, 0.15) is 5.78 Å². The molecule has 0 aromatic rings. The quantitative estimate of drug-likeness (QED) is 0.473. The minimum atomic E-state index is -0.841. The minimum absolute atomic E-state index is 0.00491. The van der Waals surface area contributed by atoms with Crippen LogP contribution in [0.1, 0.15) is 99.3 Å². The van der Waals surface area contributed by atoms with E-state index in [1.165, 1.54) is 69.5 Å². The monoisotopic (exact) mass is 480 g/mol. The highest BCUT2D eigenvalue weighted by Gasteiger charge is 2.60. The van der Waals surface area contributed by atoms with Gasteiger partial charge in [0.05, 0.1) is 12.4 Å². The summed E-state index contributed by atoms with van der Waals surface area (Å²) in [4.78, 5) is 22.3. The lowest BCUT2D eigenvalue weighted by molar-refractivity contribution is -0.135. The van der Waals surface area contributed by atoms with Crippen LogP contribution in [0.4, 0.5) is 0 Å². The maximum atomic E-state index is 12.2. The van der Waals surface area contributed by atoms with Crippen LogP contribution >= 0.6 is 11.8 Å². The number of aliphatic hydroxyl groups is 1. The van der Waals surface area contributed by atoms with Gasteiger partial charge in [-0.05, 0) is 113 Å². The number of carbonyl (C=O) groups is 2. The van der Waals surface area contributed by atoms with E-state index in [0.29, 0.717) is 22.5 Å². The molecule has 0 heterocycles. The first-order valence-electron chi connectivity index (χ1n) is 13.3. The van der Waals surface area contributed by atoms with Gasteiger partial charge in [-0.15, -0.1) is 11.8 Å². The van der Waals surface area contributed by atoms with Crippen molar-refractivity contribution in [3.8, 4) is 0 Å². The van der Waals surface area contributed by atoms with Crippen LogP contribution in [0.25, 0.3) is 0 Å². The topological polar surface area (TPSA) is 74.6 Å². The summed E-state index contributed by atoms with van der Waals surface area (Å²) >= 11 is 1.24. The molecule has 0 aromatic heterocycles. The summed E-state index contributed by atoms with van der Waals surface area (Å²) in [6, 6.07) is 0. The van der Waals surface area contributed by atoms with Crippen LogP contribution in [0, 0.1) is 46.3 Å². The van der Waals surface area contributed by atoms with Gasteiger partial charge in [0.2, 0.25) is 0 Å². The Morgan fingerprint density at radius 2 is 1.61 bits per heavy atom. The predicted molar refractivity (Wildman–Crippen MR) is 136 cm³/mol. The minimum Gasteiger partial charge on any atom is -0.481 e. The fraction of sp³-hybridized carbons (Fsp3) is 0.929. The van der Waals surface area contributed by atoms with Gasteiger partial charge in [0.25, 0.3) is 0 Å². The molecule has 4 nitrogen and oxygen atoms in total. The molecular weight excluding hydrogens is 432 g/mol. The number of ketones is 1. The first kappa shape index (κ1) is 27.0. The summed E-state index contributed by atoms with van der Waals surface area (Å²) in [5, 5.41) is 17.0. The average molecular weight is 481 g/mol. The molecule has 0 aliphatic heterocycles. The fourth-order valence-electron chi connectivity index (χ4n) is 8.44. The summed E-state index contributed by atoms with van der Waals surface area (Å²) in [5.41, 5.74) is 0.948. The molecule has 4 fully saturated rings. The fourth-order valence-corrected chi connectivity index (χ4v) is 9.05. The van der Waals surface area contributed by atoms with Gasteiger partial charge in [-0.3, -0.25) is 9.59 Å². The van der Waals surface area contributed by atoms with Gasteiger partial charge < -0.3 is 10.2 Å². The standard InChI is InChI=1S/C22H36O.C6H12O3S/c1-14-9-11-21(3)16(13-14)5-6-17-19-8-7-18(15(2)23)22(19,4)12-10-20(17)21;1-6(2,4-7)10-3-5(8)9/h14,16-20H,5-13H2,1-4H3;7H,3-4H2,1-2H3,(H,8,9). The Kier molecular flexibility index (Phi) is 8.36. The molecule has 190 valence electrons. The molecule has 4 saturated carbocycles. The van der Waals surface area contributed by atoms with E-state index in [-0.39, 0.29) is 17.1 Å². The Bertz CT molecular complexity index is 721. The van der Waals surface area contributed by atoms with Crippen LogP contribution in [0.2, 0.25) is 0 Å². The second-order valence-corrected chi connectivity index (χ2v) is 14.6. The molecule has 0 aromatic carbocycles. The molecule has 0 radical (unpaired) electrons. The maximum absolute atomic E-state index is 12.2. The molecule has 8 atom stereocenters. The maximum Gasteiger partial charge on any atom is 0.313 e. The number of fused-ring (bicyclic) bond motifs is 5. The largest absolute Gasteiger partial charge is 0.481 e. The molecular formula is C28H48O4S. The SMILES string of the molecule is CC(=O)C1CCC2C3CCC4CC(C)CCC4(C)C3CCC12C.CC(C)(CO)SCC(=O)O. The first-order chi connectivity index (χ1) is 15.3. The highest BCUT2D eigenvalue weighted by atomic mass is 32.2. The number of hydrogen-bond donors (Lipinski definition) is 2. The van der Waals surface area contributed by atoms with Crippen molar-refractivity contribution in [2.45, 2.75) is 104 Å². The lowest BCUT2D eigenvalue weighted by atomic mass is 9.44. The Balaban J connectivity index is 0.000000262. The zero-order chi connectivity index (χ0) is 24.6. The van der Waals surface area contributed by atoms with E-state index in [1.807, 2.05) is 6.92 Å². The number of rotatable bonds is 5. The molecule has 2 N–H and O–H groups in total. The van der Waals surface area contributed by atoms with E-state index in [0.717, 1.165) is 29.6 Å². The van der Waals surface area contributed by atoms with Crippen molar-refractivity contribution in [1.82, 2.24) is 0 Å². The average Bonchev–Trinajstić information content (AvgIpc) is 3.11. The van der Waals surface area contributed by atoms with Crippen molar-refractivity contribution >= 4 is 23.5 Å². The van der Waals surface area contributed by atoms with Crippen LogP contribution in [0.3, 0.4) is 0 Å². The highest BCUT2D eigenvalue weighted by molar-refractivity contribution is 8.01. The zero-order valence-electron chi connectivity index (χ0n) is 21.9. The van der Waals surface area contributed by atoms with E-state index < -0.39 is 5.97 Å². The van der Waals surface area contributed by atoms with E-state index in [2.05, 4.69) is 20.8 Å². The molecule has 4 rings (SSSR count). The van der Waals surface area contributed by atoms with Crippen molar-refractivity contribution in [3.63, 3.8) is 0 Å². The van der Waals surface area contributed by atoms with Gasteiger partial charge in [0, 0.05) is 10.7 Å². The van der Waals surface area contributed by atoms with Crippen molar-refractivity contribution in [1.29, 1.82) is 0 Å². The number of carboxylic acids is 1. The van der Waals surface area contributed by atoms with Crippen LogP contribution < -0.4 is 0 Å². The molecule has 5 heteroatoms. The highest BCUT2D eigenvalue weighted by Crippen LogP contribution is 2.67. The van der Waals surface area contributed by atoms with Gasteiger partial charge in [-0.2, -0.15) is 0 Å². The summed E-state index contributed by atoms with van der Waals surface area (Å²) in [6.07, 6.45) is 12.6. The van der Waals surface area contributed by atoms with Crippen LogP contribution in [-0.4, -0.2) is 39.1 Å². The summed E-state index contributed by atoms with van der Waals surface area (Å²) in [7, 11) is 0. The number of Topliss-reactive ketones (excluding diaryl/α,β-unsaturated/α-hetero) is 1. The molecule has 4 aliphatic rings. The molecule has 4 aliphatic carbocycles. The smallest absolute Gasteiger partial charge is 0.313 e. The van der Waals surface area contributed by atoms with Crippen molar-refractivity contribution < 1.29 is 19.8 Å². The molecule has 0 spiro atoms. The Labute approximate surface area is 206 Å². The van der Waals surface area contributed by atoms with Crippen molar-refractivity contribution in [2.24, 2.45) is 46.3 Å². The number of thioether (sulfide) groups is 1. The number of carbonyl (C=O) groups excluding carboxylic acids is 1. The van der Waals surface area contributed by atoms with Gasteiger partial charge in [-0.1, -0.05) is 27.2 Å². The van der Waals surface area contributed by atoms with E-state index in [4.69, 9.17) is 10.2 Å². The normalized spacial score (nSPS) is 42.3.